The van der Waals surface area contributed by atoms with E-state index in [4.69, 9.17) is 9.94 Å². The zero-order valence-corrected chi connectivity index (χ0v) is 9.93. The molecule has 0 amide bonds. The van der Waals surface area contributed by atoms with E-state index in [1.165, 1.54) is 0 Å². The van der Waals surface area contributed by atoms with Crippen molar-refractivity contribution in [1.29, 1.82) is 0 Å². The predicted octanol–water partition coefficient (Wildman–Crippen LogP) is 0.804. The van der Waals surface area contributed by atoms with Gasteiger partial charge < -0.3 is 9.94 Å². The lowest BCUT2D eigenvalue weighted by Crippen LogP contribution is -2.32. The van der Waals surface area contributed by atoms with Gasteiger partial charge in [-0.15, -0.1) is 0 Å². The van der Waals surface area contributed by atoms with Crippen molar-refractivity contribution in [2.75, 3.05) is 19.6 Å². The van der Waals surface area contributed by atoms with Gasteiger partial charge in [-0.25, -0.2) is 4.79 Å². The molecule has 1 N–H and O–H groups in total. The van der Waals surface area contributed by atoms with E-state index in [2.05, 4.69) is 30.8 Å². The zero-order valence-electron chi connectivity index (χ0n) is 9.93. The Morgan fingerprint density at radius 1 is 1.56 bits per heavy atom. The van der Waals surface area contributed by atoms with Gasteiger partial charge in [0, 0.05) is 19.6 Å². The van der Waals surface area contributed by atoms with E-state index < -0.39 is 5.97 Å². The molecule has 0 aromatic heterocycles. The van der Waals surface area contributed by atoms with Crippen LogP contribution in [0.2, 0.25) is 0 Å². The van der Waals surface area contributed by atoms with Crippen LogP contribution in [0.1, 0.15) is 20.8 Å². The van der Waals surface area contributed by atoms with Gasteiger partial charge in [0.25, 0.3) is 0 Å². The number of hydrogen-bond acceptors (Lipinski definition) is 4. The van der Waals surface area contributed by atoms with Gasteiger partial charge in [-0.2, -0.15) is 0 Å². The van der Waals surface area contributed by atoms with E-state index in [0.717, 1.165) is 19.6 Å². The van der Waals surface area contributed by atoms with Crippen LogP contribution in [0.25, 0.3) is 0 Å². The lowest BCUT2D eigenvalue weighted by molar-refractivity contribution is -0.129. The van der Waals surface area contributed by atoms with Crippen LogP contribution in [0.4, 0.5) is 0 Å². The number of oxime groups is 1. The first-order valence-electron chi connectivity index (χ1n) is 5.56. The fourth-order valence-electron chi connectivity index (χ4n) is 2.41. The van der Waals surface area contributed by atoms with E-state index in [9.17, 15) is 4.79 Å². The fraction of sp³-hybridized carbons (Fsp3) is 0.818. The van der Waals surface area contributed by atoms with Crippen molar-refractivity contribution in [2.45, 2.75) is 26.9 Å². The Hall–Kier alpha value is -1.10. The van der Waals surface area contributed by atoms with Crippen LogP contribution < -0.4 is 0 Å². The van der Waals surface area contributed by atoms with Crippen molar-refractivity contribution in [1.82, 2.24) is 4.90 Å². The van der Waals surface area contributed by atoms with Crippen LogP contribution in [-0.2, 0) is 9.63 Å². The third-order valence-corrected chi connectivity index (χ3v) is 2.90. The highest BCUT2D eigenvalue weighted by molar-refractivity contribution is 6.36. The third kappa shape index (κ3) is 2.19. The summed E-state index contributed by atoms with van der Waals surface area (Å²) in [5.74, 6) is -1.01. The molecule has 0 saturated carbocycles. The summed E-state index contributed by atoms with van der Waals surface area (Å²) in [6.45, 7) is 9.00. The Bertz CT molecular complexity index is 333. The Kier molecular flexibility index (Phi) is 2.66. The van der Waals surface area contributed by atoms with E-state index in [1.807, 2.05) is 0 Å². The maximum atomic E-state index is 10.9. The Morgan fingerprint density at radius 2 is 2.25 bits per heavy atom. The van der Waals surface area contributed by atoms with Crippen molar-refractivity contribution >= 4 is 11.7 Å². The smallest absolute Gasteiger partial charge is 0.354 e. The number of likely N-dealkylation sites (tertiary alicyclic amines) is 1. The van der Waals surface area contributed by atoms with Crippen LogP contribution in [0.3, 0.4) is 0 Å². The quantitative estimate of drug-likeness (QED) is 0.756. The highest BCUT2D eigenvalue weighted by Gasteiger charge is 2.45. The highest BCUT2D eigenvalue weighted by atomic mass is 16.6. The molecule has 5 heteroatoms. The number of nitrogens with zero attached hydrogens (tertiary/aromatic N) is 2. The lowest BCUT2D eigenvalue weighted by atomic mass is 9.96. The summed E-state index contributed by atoms with van der Waals surface area (Å²) >= 11 is 0. The van der Waals surface area contributed by atoms with Gasteiger partial charge in [0.15, 0.2) is 5.71 Å². The molecule has 2 unspecified atom stereocenters. The summed E-state index contributed by atoms with van der Waals surface area (Å²) in [6, 6.07) is 0. The first-order valence-corrected chi connectivity index (χ1v) is 5.56. The number of aliphatic carboxylic acids is 1. The molecule has 5 nitrogen and oxygen atoms in total. The van der Waals surface area contributed by atoms with Crippen LogP contribution in [-0.4, -0.2) is 47.4 Å². The molecule has 1 saturated heterocycles. The van der Waals surface area contributed by atoms with Crippen molar-refractivity contribution in [3.05, 3.63) is 0 Å². The maximum Gasteiger partial charge on any atom is 0.354 e. The number of carbonyl (C=O) groups is 1. The van der Waals surface area contributed by atoms with Gasteiger partial charge in [0.1, 0.15) is 6.10 Å². The molecule has 0 bridgehead atoms. The minimum absolute atomic E-state index is 0.0557. The second-order valence-electron chi connectivity index (χ2n) is 5.79. The molecule has 2 atom stereocenters. The van der Waals surface area contributed by atoms with Crippen molar-refractivity contribution < 1.29 is 14.7 Å². The average Bonchev–Trinajstić information content (AvgIpc) is 2.57. The van der Waals surface area contributed by atoms with Gasteiger partial charge in [-0.3, -0.25) is 4.90 Å². The molecular weight excluding hydrogens is 208 g/mol. The molecule has 2 heterocycles. The minimum Gasteiger partial charge on any atom is -0.477 e. The third-order valence-electron chi connectivity index (χ3n) is 2.90. The van der Waals surface area contributed by atoms with Crippen molar-refractivity contribution in [3.8, 4) is 0 Å². The number of hydrogen-bond donors (Lipinski definition) is 1. The Balaban J connectivity index is 1.99. The topological polar surface area (TPSA) is 62.1 Å². The molecule has 2 aliphatic rings. The molecule has 90 valence electrons. The zero-order chi connectivity index (χ0) is 11.9. The SMILES string of the molecule is CC(C)(C)CN1CC2ON=C(C(=O)O)C2C1. The average molecular weight is 226 g/mol. The molecule has 0 radical (unpaired) electrons. The Morgan fingerprint density at radius 3 is 2.81 bits per heavy atom. The first kappa shape index (κ1) is 11.4. The molecule has 0 aliphatic carbocycles. The molecule has 0 aromatic rings. The molecule has 2 rings (SSSR count). The monoisotopic (exact) mass is 226 g/mol. The normalized spacial score (nSPS) is 29.8. The number of fused-ring (bicyclic) bond motifs is 1. The molecule has 0 aromatic carbocycles. The fourth-order valence-corrected chi connectivity index (χ4v) is 2.41. The molecule has 1 fully saturated rings. The van der Waals surface area contributed by atoms with Gasteiger partial charge in [-0.1, -0.05) is 25.9 Å². The van der Waals surface area contributed by atoms with Crippen LogP contribution >= 0.6 is 0 Å². The van der Waals surface area contributed by atoms with E-state index >= 15 is 0 Å². The standard InChI is InChI=1S/C11H18N2O3/c1-11(2,3)6-13-4-7-8(5-13)16-12-9(7)10(14)15/h7-8H,4-6H2,1-3H3,(H,14,15). The van der Waals surface area contributed by atoms with E-state index in [0.29, 0.717) is 0 Å². The minimum atomic E-state index is -0.954. The molecular formula is C11H18N2O3. The van der Waals surface area contributed by atoms with Crippen LogP contribution in [0.5, 0.6) is 0 Å². The summed E-state index contributed by atoms with van der Waals surface area (Å²) in [4.78, 5) is 18.3. The van der Waals surface area contributed by atoms with Crippen LogP contribution in [0.15, 0.2) is 5.16 Å². The summed E-state index contributed by atoms with van der Waals surface area (Å²) in [5.41, 5.74) is 0.403. The highest BCUT2D eigenvalue weighted by Crippen LogP contribution is 2.29. The first-order chi connectivity index (χ1) is 7.37. The number of rotatable bonds is 2. The summed E-state index contributed by atoms with van der Waals surface area (Å²) in [5, 5.41) is 12.6. The lowest BCUT2D eigenvalue weighted by Gasteiger charge is -2.26. The van der Waals surface area contributed by atoms with Gasteiger partial charge >= 0.3 is 5.97 Å². The van der Waals surface area contributed by atoms with E-state index in [-0.39, 0.29) is 23.1 Å². The van der Waals surface area contributed by atoms with Gasteiger partial charge in [-0.05, 0) is 5.41 Å². The second-order valence-corrected chi connectivity index (χ2v) is 5.79. The summed E-state index contributed by atoms with van der Waals surface area (Å²) in [7, 11) is 0. The maximum absolute atomic E-state index is 10.9. The van der Waals surface area contributed by atoms with Crippen LogP contribution in [0, 0.1) is 11.3 Å². The molecule has 0 spiro atoms. The van der Waals surface area contributed by atoms with Gasteiger partial charge in [0.05, 0.1) is 5.92 Å². The molecule has 16 heavy (non-hydrogen) atoms. The van der Waals surface area contributed by atoms with Gasteiger partial charge in [0.2, 0.25) is 0 Å². The van der Waals surface area contributed by atoms with Crippen molar-refractivity contribution in [3.63, 3.8) is 0 Å². The summed E-state index contributed by atoms with van der Waals surface area (Å²) < 4.78 is 0. The molecule has 2 aliphatic heterocycles. The Labute approximate surface area is 95.1 Å². The van der Waals surface area contributed by atoms with Crippen molar-refractivity contribution in [2.24, 2.45) is 16.5 Å². The van der Waals surface area contributed by atoms with E-state index in [1.54, 1.807) is 0 Å². The number of carboxylic acids is 1. The second kappa shape index (κ2) is 3.73. The summed E-state index contributed by atoms with van der Waals surface area (Å²) in [6.07, 6.45) is -0.0616. The largest absolute Gasteiger partial charge is 0.477 e. The number of carboxylic acid groups (broad SMARTS) is 1. The predicted molar refractivity (Wildman–Crippen MR) is 59.3 cm³/mol.